The van der Waals surface area contributed by atoms with Crippen molar-refractivity contribution in [1.29, 1.82) is 0 Å². The second kappa shape index (κ2) is 9.28. The quantitative estimate of drug-likeness (QED) is 0.573. The van der Waals surface area contributed by atoms with Gasteiger partial charge < -0.3 is 15.7 Å². The lowest BCUT2D eigenvalue weighted by Gasteiger charge is -2.18. The Balaban J connectivity index is 3.68. The maximum atomic E-state index is 11.5. The number of nitrogens with one attached hydrogen (secondary N) is 2. The van der Waals surface area contributed by atoms with Gasteiger partial charge in [-0.05, 0) is 31.1 Å². The highest BCUT2D eigenvalue weighted by molar-refractivity contribution is 5.74. The van der Waals surface area contributed by atoms with Crippen molar-refractivity contribution in [2.24, 2.45) is 11.8 Å². The summed E-state index contributed by atoms with van der Waals surface area (Å²) in [5.74, 6) is 1.14. The van der Waals surface area contributed by atoms with Crippen molar-refractivity contribution in [1.82, 2.24) is 10.6 Å². The lowest BCUT2D eigenvalue weighted by atomic mass is 10.0. The van der Waals surface area contributed by atoms with Crippen molar-refractivity contribution >= 4 is 6.03 Å². The largest absolute Gasteiger partial charge is 0.394 e. The molecule has 0 aliphatic rings. The fourth-order valence-electron chi connectivity index (χ4n) is 1.70. The Morgan fingerprint density at radius 3 is 2.29 bits per heavy atom. The number of carbonyl (C=O) groups is 1. The van der Waals surface area contributed by atoms with Crippen molar-refractivity contribution in [2.75, 3.05) is 13.2 Å². The van der Waals surface area contributed by atoms with Gasteiger partial charge in [-0.1, -0.05) is 27.7 Å². The van der Waals surface area contributed by atoms with Crippen LogP contribution in [0, 0.1) is 11.8 Å². The number of aliphatic hydroxyl groups excluding tert-OH is 1. The van der Waals surface area contributed by atoms with Crippen molar-refractivity contribution in [3.05, 3.63) is 0 Å². The molecule has 2 amide bonds. The van der Waals surface area contributed by atoms with Crippen LogP contribution in [-0.2, 0) is 0 Å². The number of carbonyl (C=O) groups excluding carboxylic acids is 1. The van der Waals surface area contributed by atoms with Crippen LogP contribution in [0.3, 0.4) is 0 Å². The fourth-order valence-corrected chi connectivity index (χ4v) is 1.70. The van der Waals surface area contributed by atoms with E-state index in [1.54, 1.807) is 0 Å². The Labute approximate surface area is 105 Å². The summed E-state index contributed by atoms with van der Waals surface area (Å²) in [6.45, 7) is 9.19. The summed E-state index contributed by atoms with van der Waals surface area (Å²) in [5.41, 5.74) is 0. The smallest absolute Gasteiger partial charge is 0.315 e. The predicted octanol–water partition coefficient (Wildman–Crippen LogP) is 2.13. The lowest BCUT2D eigenvalue weighted by Crippen LogP contribution is -2.44. The van der Waals surface area contributed by atoms with Crippen LogP contribution in [0.25, 0.3) is 0 Å². The minimum atomic E-state index is -0.173. The van der Waals surface area contributed by atoms with Crippen molar-refractivity contribution < 1.29 is 9.90 Å². The zero-order chi connectivity index (χ0) is 13.3. The summed E-state index contributed by atoms with van der Waals surface area (Å²) in [6, 6.07) is -0.312. The van der Waals surface area contributed by atoms with Gasteiger partial charge in [0.1, 0.15) is 0 Å². The molecule has 0 aliphatic carbocycles. The van der Waals surface area contributed by atoms with E-state index in [-0.39, 0.29) is 18.7 Å². The second-order valence-corrected chi connectivity index (χ2v) is 5.45. The van der Waals surface area contributed by atoms with Crippen molar-refractivity contribution in [3.8, 4) is 0 Å². The number of urea groups is 1. The second-order valence-electron chi connectivity index (χ2n) is 5.45. The first-order valence-electron chi connectivity index (χ1n) is 6.60. The summed E-state index contributed by atoms with van der Waals surface area (Å²) in [6.07, 6.45) is 2.92. The molecule has 0 spiro atoms. The van der Waals surface area contributed by atoms with E-state index in [1.165, 1.54) is 0 Å². The topological polar surface area (TPSA) is 61.4 Å². The molecule has 0 radical (unpaired) electrons. The monoisotopic (exact) mass is 244 g/mol. The van der Waals surface area contributed by atoms with Gasteiger partial charge in [-0.15, -0.1) is 0 Å². The molecule has 0 aromatic heterocycles. The first kappa shape index (κ1) is 16.2. The highest BCUT2D eigenvalue weighted by Gasteiger charge is 2.12. The molecule has 0 fully saturated rings. The first-order chi connectivity index (χ1) is 7.95. The SMILES string of the molecule is CC(C)CCCNC(=O)NC(CO)CC(C)C. The van der Waals surface area contributed by atoms with Gasteiger partial charge in [0.05, 0.1) is 12.6 Å². The number of hydrogen-bond donors (Lipinski definition) is 3. The molecule has 0 rings (SSSR count). The van der Waals surface area contributed by atoms with Crippen LogP contribution >= 0.6 is 0 Å². The summed E-state index contributed by atoms with van der Waals surface area (Å²) in [4.78, 5) is 11.5. The Bertz CT molecular complexity index is 206. The van der Waals surface area contributed by atoms with Crippen LogP contribution in [0.2, 0.25) is 0 Å². The highest BCUT2D eigenvalue weighted by atomic mass is 16.3. The van der Waals surface area contributed by atoms with E-state index >= 15 is 0 Å². The molecule has 4 heteroatoms. The summed E-state index contributed by atoms with van der Waals surface area (Å²) in [7, 11) is 0. The zero-order valence-electron chi connectivity index (χ0n) is 11.6. The van der Waals surface area contributed by atoms with Crippen LogP contribution < -0.4 is 10.6 Å². The molecule has 1 unspecified atom stereocenters. The van der Waals surface area contributed by atoms with Gasteiger partial charge in [-0.2, -0.15) is 0 Å². The van der Waals surface area contributed by atoms with Gasteiger partial charge in [0.25, 0.3) is 0 Å². The third-order valence-corrected chi connectivity index (χ3v) is 2.56. The molecule has 3 N–H and O–H groups in total. The maximum absolute atomic E-state index is 11.5. The summed E-state index contributed by atoms with van der Waals surface area (Å²) in [5, 5.41) is 14.7. The van der Waals surface area contributed by atoms with Crippen LogP contribution in [0.4, 0.5) is 4.79 Å². The highest BCUT2D eigenvalue weighted by Crippen LogP contribution is 2.04. The lowest BCUT2D eigenvalue weighted by molar-refractivity contribution is 0.207. The van der Waals surface area contributed by atoms with Crippen LogP contribution in [0.5, 0.6) is 0 Å². The van der Waals surface area contributed by atoms with E-state index in [1.807, 2.05) is 0 Å². The molecule has 0 aromatic rings. The Morgan fingerprint density at radius 2 is 1.82 bits per heavy atom. The molecule has 0 aromatic carbocycles. The van der Waals surface area contributed by atoms with Gasteiger partial charge in [0.2, 0.25) is 0 Å². The van der Waals surface area contributed by atoms with Crippen LogP contribution in [0.15, 0.2) is 0 Å². The molecule has 1 atom stereocenters. The van der Waals surface area contributed by atoms with Gasteiger partial charge in [0, 0.05) is 6.54 Å². The molecular formula is C13H28N2O2. The first-order valence-corrected chi connectivity index (χ1v) is 6.60. The van der Waals surface area contributed by atoms with E-state index < -0.39 is 0 Å². The molecule has 0 heterocycles. The Morgan fingerprint density at radius 1 is 1.18 bits per heavy atom. The molecule has 17 heavy (non-hydrogen) atoms. The normalized spacial score (nSPS) is 12.9. The Kier molecular flexibility index (Phi) is 8.86. The number of hydrogen-bond acceptors (Lipinski definition) is 2. The minimum Gasteiger partial charge on any atom is -0.394 e. The van der Waals surface area contributed by atoms with Crippen molar-refractivity contribution in [2.45, 2.75) is 53.0 Å². The minimum absolute atomic E-state index is 0.00239. The van der Waals surface area contributed by atoms with Gasteiger partial charge >= 0.3 is 6.03 Å². The molecule has 0 bridgehead atoms. The zero-order valence-corrected chi connectivity index (χ0v) is 11.6. The number of aliphatic hydroxyl groups is 1. The van der Waals surface area contributed by atoms with Crippen LogP contribution in [0.1, 0.15) is 47.0 Å². The van der Waals surface area contributed by atoms with E-state index in [9.17, 15) is 4.79 Å². The maximum Gasteiger partial charge on any atom is 0.315 e. The van der Waals surface area contributed by atoms with E-state index in [4.69, 9.17) is 5.11 Å². The third kappa shape index (κ3) is 10.1. The molecule has 0 saturated heterocycles. The number of rotatable bonds is 8. The summed E-state index contributed by atoms with van der Waals surface area (Å²) < 4.78 is 0. The fraction of sp³-hybridized carbons (Fsp3) is 0.923. The third-order valence-electron chi connectivity index (χ3n) is 2.56. The predicted molar refractivity (Wildman–Crippen MR) is 70.9 cm³/mol. The molecule has 0 saturated carbocycles. The average Bonchev–Trinajstić information content (AvgIpc) is 2.22. The molecule has 0 aliphatic heterocycles. The molecule has 102 valence electrons. The molecular weight excluding hydrogens is 216 g/mol. The van der Waals surface area contributed by atoms with E-state index in [0.717, 1.165) is 19.3 Å². The van der Waals surface area contributed by atoms with E-state index in [0.29, 0.717) is 18.4 Å². The Hall–Kier alpha value is -0.770. The molecule has 4 nitrogen and oxygen atoms in total. The standard InChI is InChI=1S/C13H28N2O2/c1-10(2)6-5-7-14-13(17)15-12(9-16)8-11(3)4/h10-12,16H,5-9H2,1-4H3,(H2,14,15,17). The van der Waals surface area contributed by atoms with Gasteiger partial charge in [-0.3, -0.25) is 0 Å². The average molecular weight is 244 g/mol. The van der Waals surface area contributed by atoms with Gasteiger partial charge in [0.15, 0.2) is 0 Å². The van der Waals surface area contributed by atoms with E-state index in [2.05, 4.69) is 38.3 Å². The van der Waals surface area contributed by atoms with Crippen LogP contribution in [-0.4, -0.2) is 30.3 Å². The number of amides is 2. The van der Waals surface area contributed by atoms with Crippen molar-refractivity contribution in [3.63, 3.8) is 0 Å². The van der Waals surface area contributed by atoms with Gasteiger partial charge in [-0.25, -0.2) is 4.79 Å². The summed E-state index contributed by atoms with van der Waals surface area (Å²) >= 11 is 0.